The number of Topliss-reactive ketones (excluding diaryl/α,β-unsaturated/α-hetero) is 1. The summed E-state index contributed by atoms with van der Waals surface area (Å²) in [6, 6.07) is 9.28. The second-order valence-corrected chi connectivity index (χ2v) is 7.89. The van der Waals surface area contributed by atoms with Crippen molar-refractivity contribution in [3.63, 3.8) is 0 Å². The van der Waals surface area contributed by atoms with Gasteiger partial charge in [-0.05, 0) is 19.4 Å². The van der Waals surface area contributed by atoms with Crippen molar-refractivity contribution in [2.24, 2.45) is 0 Å². The predicted octanol–water partition coefficient (Wildman–Crippen LogP) is 1.20. The highest BCUT2D eigenvalue weighted by molar-refractivity contribution is 6.10. The summed E-state index contributed by atoms with van der Waals surface area (Å²) in [5, 5.41) is 0. The van der Waals surface area contributed by atoms with Gasteiger partial charge in [-0.3, -0.25) is 4.79 Å². The molecule has 1 aromatic carbocycles. The van der Waals surface area contributed by atoms with Crippen LogP contribution in [0.15, 0.2) is 30.3 Å². The molecule has 0 aromatic heterocycles. The highest BCUT2D eigenvalue weighted by Crippen LogP contribution is 2.40. The van der Waals surface area contributed by atoms with Crippen molar-refractivity contribution < 1.29 is 47.5 Å². The molecular formula is C22H30O10. The zero-order valence-electron chi connectivity index (χ0n) is 18.9. The van der Waals surface area contributed by atoms with Gasteiger partial charge in [0.15, 0.2) is 12.1 Å². The van der Waals surface area contributed by atoms with Crippen molar-refractivity contribution in [1.29, 1.82) is 0 Å². The second kappa shape index (κ2) is 10.3. The van der Waals surface area contributed by atoms with E-state index in [1.165, 1.54) is 14.2 Å². The van der Waals surface area contributed by atoms with E-state index >= 15 is 0 Å². The molecule has 0 N–H and O–H groups in total. The normalized spacial score (nSPS) is 31.5. The molecule has 1 unspecified atom stereocenters. The largest absolute Gasteiger partial charge is 0.466 e. The van der Waals surface area contributed by atoms with Crippen LogP contribution < -0.4 is 0 Å². The molecule has 0 radical (unpaired) electrons. The van der Waals surface area contributed by atoms with Crippen LogP contribution in [0.3, 0.4) is 0 Å². The van der Waals surface area contributed by atoms with E-state index < -0.39 is 47.7 Å². The maximum Gasteiger partial charge on any atom is 0.349 e. The number of methoxy groups -OCH3 is 3. The number of carbonyl (C=O) groups is 2. The summed E-state index contributed by atoms with van der Waals surface area (Å²) in [5.41, 5.74) is -1.37. The third-order valence-corrected chi connectivity index (χ3v) is 5.31. The molecule has 2 aliphatic heterocycles. The van der Waals surface area contributed by atoms with Gasteiger partial charge in [0.1, 0.15) is 25.1 Å². The highest BCUT2D eigenvalue weighted by atomic mass is 16.8. The van der Waals surface area contributed by atoms with E-state index in [9.17, 15) is 9.59 Å². The summed E-state index contributed by atoms with van der Waals surface area (Å²) in [4.78, 5) is 26.8. The Morgan fingerprint density at radius 2 is 1.78 bits per heavy atom. The molecule has 2 saturated heterocycles. The van der Waals surface area contributed by atoms with Gasteiger partial charge < -0.3 is 37.9 Å². The zero-order chi connectivity index (χ0) is 23.4. The van der Waals surface area contributed by atoms with Crippen LogP contribution in [0.1, 0.15) is 19.4 Å². The molecule has 0 saturated carbocycles. The Kier molecular flexibility index (Phi) is 7.99. The Morgan fingerprint density at radius 3 is 2.34 bits per heavy atom. The van der Waals surface area contributed by atoms with Crippen molar-refractivity contribution in [3.05, 3.63) is 35.9 Å². The Bertz CT molecular complexity index is 782. The molecule has 1 aromatic rings. The van der Waals surface area contributed by atoms with Crippen molar-refractivity contribution in [1.82, 2.24) is 0 Å². The molecule has 2 heterocycles. The molecule has 0 aliphatic carbocycles. The maximum atomic E-state index is 13.7. The number of rotatable bonds is 10. The number of hydrogen-bond acceptors (Lipinski definition) is 10. The minimum absolute atomic E-state index is 0.0550. The lowest BCUT2D eigenvalue weighted by atomic mass is 9.87. The van der Waals surface area contributed by atoms with Crippen LogP contribution in [0, 0.1) is 0 Å². The van der Waals surface area contributed by atoms with E-state index in [4.69, 9.17) is 37.9 Å². The van der Waals surface area contributed by atoms with Crippen LogP contribution in [0.4, 0.5) is 0 Å². The van der Waals surface area contributed by atoms with Crippen molar-refractivity contribution in [2.45, 2.75) is 56.4 Å². The van der Waals surface area contributed by atoms with Crippen molar-refractivity contribution in [3.8, 4) is 0 Å². The lowest BCUT2D eigenvalue weighted by Crippen LogP contribution is -2.61. The van der Waals surface area contributed by atoms with E-state index in [0.717, 1.165) is 12.7 Å². The molecule has 2 aliphatic rings. The molecule has 0 amide bonds. The van der Waals surface area contributed by atoms with Crippen LogP contribution in [-0.4, -0.2) is 82.5 Å². The summed E-state index contributed by atoms with van der Waals surface area (Å²) in [7, 11) is 3.98. The summed E-state index contributed by atoms with van der Waals surface area (Å²) in [5.74, 6) is -2.64. The minimum atomic E-state index is -2.20. The first kappa shape index (κ1) is 24.7. The first-order valence-electron chi connectivity index (χ1n) is 10.2. The number of esters is 1. The molecular weight excluding hydrogens is 424 g/mol. The average molecular weight is 454 g/mol. The summed E-state index contributed by atoms with van der Waals surface area (Å²) < 4.78 is 44.4. The molecule has 3 rings (SSSR count). The highest BCUT2D eigenvalue weighted by Gasteiger charge is 2.68. The van der Waals surface area contributed by atoms with Gasteiger partial charge in [-0.1, -0.05) is 30.3 Å². The Hall–Kier alpha value is -1.92. The van der Waals surface area contributed by atoms with Gasteiger partial charge in [-0.2, -0.15) is 0 Å². The molecule has 32 heavy (non-hydrogen) atoms. The smallest absolute Gasteiger partial charge is 0.349 e. The van der Waals surface area contributed by atoms with Crippen LogP contribution in [0.5, 0.6) is 0 Å². The fraction of sp³-hybridized carbons (Fsp3) is 0.636. The molecule has 2 fully saturated rings. The van der Waals surface area contributed by atoms with Gasteiger partial charge in [0.05, 0.1) is 20.3 Å². The van der Waals surface area contributed by atoms with E-state index in [0.29, 0.717) is 0 Å². The molecule has 0 spiro atoms. The van der Waals surface area contributed by atoms with Gasteiger partial charge in [-0.25, -0.2) is 4.79 Å². The van der Waals surface area contributed by atoms with Crippen molar-refractivity contribution in [2.75, 3.05) is 34.7 Å². The standard InChI is InChI=1S/C22H30O10/c1-21(2)30-12-15(31-21)17(23)22(20(24)27-5)18(28-11-14-9-7-6-8-10-14)16(29-13-25-3)19(26-4)32-22/h6-10,15-16,18-19H,11-13H2,1-5H3/t15-,16-,18-,19+,22?/m1/s1. The van der Waals surface area contributed by atoms with Crippen LogP contribution in [-0.2, 0) is 54.1 Å². The zero-order valence-corrected chi connectivity index (χ0v) is 18.9. The lowest BCUT2D eigenvalue weighted by molar-refractivity contribution is -0.212. The Labute approximate surface area is 186 Å². The fourth-order valence-corrected chi connectivity index (χ4v) is 3.83. The monoisotopic (exact) mass is 454 g/mol. The molecule has 0 bridgehead atoms. The topological polar surface area (TPSA) is 108 Å². The first-order valence-corrected chi connectivity index (χ1v) is 10.2. The van der Waals surface area contributed by atoms with Gasteiger partial charge >= 0.3 is 5.97 Å². The summed E-state index contributed by atoms with van der Waals surface area (Å²) in [6.45, 7) is 3.23. The minimum Gasteiger partial charge on any atom is -0.466 e. The molecule has 10 heteroatoms. The van der Waals surface area contributed by atoms with Gasteiger partial charge in [0.2, 0.25) is 5.78 Å². The number of ether oxygens (including phenoxy) is 8. The lowest BCUT2D eigenvalue weighted by Gasteiger charge is -2.32. The molecule has 178 valence electrons. The average Bonchev–Trinajstić information content (AvgIpc) is 3.33. The van der Waals surface area contributed by atoms with Gasteiger partial charge in [0, 0.05) is 14.2 Å². The number of ketones is 1. The number of benzene rings is 1. The predicted molar refractivity (Wildman–Crippen MR) is 108 cm³/mol. The van der Waals surface area contributed by atoms with Gasteiger partial charge in [0.25, 0.3) is 5.60 Å². The van der Waals surface area contributed by atoms with Crippen molar-refractivity contribution >= 4 is 11.8 Å². The summed E-state index contributed by atoms with van der Waals surface area (Å²) in [6.07, 6.45) is -4.37. The quantitative estimate of drug-likeness (QED) is 0.291. The van der Waals surface area contributed by atoms with Crippen LogP contribution >= 0.6 is 0 Å². The van der Waals surface area contributed by atoms with E-state index in [1.807, 2.05) is 30.3 Å². The molecule has 5 atom stereocenters. The maximum absolute atomic E-state index is 13.7. The third-order valence-electron chi connectivity index (χ3n) is 5.31. The van der Waals surface area contributed by atoms with Gasteiger partial charge in [-0.15, -0.1) is 0 Å². The number of hydrogen-bond donors (Lipinski definition) is 0. The SMILES string of the molecule is COCO[C@H]1[C@@H](OC)OC(C(=O)OC)(C(=O)[C@H]2COC(C)(C)O2)[C@@H]1OCc1ccccc1. The first-order chi connectivity index (χ1) is 15.3. The van der Waals surface area contributed by atoms with E-state index in [-0.39, 0.29) is 20.0 Å². The van der Waals surface area contributed by atoms with Crippen LogP contribution in [0.2, 0.25) is 0 Å². The second-order valence-electron chi connectivity index (χ2n) is 7.89. The third kappa shape index (κ3) is 4.86. The van der Waals surface area contributed by atoms with E-state index in [2.05, 4.69) is 0 Å². The Morgan fingerprint density at radius 1 is 1.06 bits per heavy atom. The van der Waals surface area contributed by atoms with E-state index in [1.54, 1.807) is 13.8 Å². The Balaban J connectivity index is 1.99. The molecule has 10 nitrogen and oxygen atoms in total. The summed E-state index contributed by atoms with van der Waals surface area (Å²) >= 11 is 0. The fourth-order valence-electron chi connectivity index (χ4n) is 3.83. The number of carbonyl (C=O) groups excluding carboxylic acids is 2. The van der Waals surface area contributed by atoms with Crippen LogP contribution in [0.25, 0.3) is 0 Å².